The minimum absolute atomic E-state index is 0.760. The molecule has 0 unspecified atom stereocenters. The smallest absolute Gasteiger partial charge is 0.140 e. The normalized spacial score (nSPS) is 10.7. The third-order valence-corrected chi connectivity index (χ3v) is 3.65. The Balaban J connectivity index is 1.92. The van der Waals surface area contributed by atoms with Crippen LogP contribution in [-0.4, -0.2) is 9.55 Å². The molecule has 0 saturated carbocycles. The van der Waals surface area contributed by atoms with Crippen molar-refractivity contribution >= 4 is 21.6 Å². The highest BCUT2D eigenvalue weighted by molar-refractivity contribution is 9.10. The van der Waals surface area contributed by atoms with E-state index in [0.29, 0.717) is 0 Å². The van der Waals surface area contributed by atoms with E-state index >= 15 is 0 Å². The van der Waals surface area contributed by atoms with Gasteiger partial charge in [0.1, 0.15) is 5.82 Å². The van der Waals surface area contributed by atoms with Crippen molar-refractivity contribution in [1.82, 2.24) is 9.55 Å². The maximum atomic E-state index is 5.82. The molecule has 0 radical (unpaired) electrons. The predicted molar refractivity (Wildman–Crippen MR) is 85.3 cm³/mol. The molecule has 2 aromatic carbocycles. The quantitative estimate of drug-likeness (QED) is 0.740. The zero-order valence-corrected chi connectivity index (χ0v) is 12.4. The minimum Gasteiger partial charge on any atom is -0.399 e. The lowest BCUT2D eigenvalue weighted by molar-refractivity contribution is 0.807. The molecule has 4 heteroatoms. The molecule has 0 aliphatic heterocycles. The summed E-state index contributed by atoms with van der Waals surface area (Å²) in [5, 5.41) is 0. The van der Waals surface area contributed by atoms with E-state index in [1.54, 1.807) is 0 Å². The molecule has 3 nitrogen and oxygen atoms in total. The van der Waals surface area contributed by atoms with Crippen LogP contribution in [0.25, 0.3) is 11.4 Å². The summed E-state index contributed by atoms with van der Waals surface area (Å²) in [7, 11) is 0. The van der Waals surface area contributed by atoms with Crippen molar-refractivity contribution in [3.05, 3.63) is 71.0 Å². The average Bonchev–Trinajstić information content (AvgIpc) is 2.88. The van der Waals surface area contributed by atoms with Crippen LogP contribution in [0, 0.1) is 0 Å². The molecule has 0 fully saturated rings. The summed E-state index contributed by atoms with van der Waals surface area (Å²) in [5.74, 6) is 0.958. The van der Waals surface area contributed by atoms with E-state index in [9.17, 15) is 0 Å². The summed E-state index contributed by atoms with van der Waals surface area (Å²) < 4.78 is 3.19. The summed E-state index contributed by atoms with van der Waals surface area (Å²) in [4.78, 5) is 4.45. The third kappa shape index (κ3) is 2.75. The summed E-state index contributed by atoms with van der Waals surface area (Å²) in [6, 6.07) is 16.1. The minimum atomic E-state index is 0.760. The van der Waals surface area contributed by atoms with Crippen LogP contribution in [0.2, 0.25) is 0 Å². The van der Waals surface area contributed by atoms with E-state index in [0.717, 1.165) is 28.1 Å². The summed E-state index contributed by atoms with van der Waals surface area (Å²) in [6.07, 6.45) is 3.81. The molecule has 3 rings (SSSR count). The van der Waals surface area contributed by atoms with Crippen molar-refractivity contribution in [3.63, 3.8) is 0 Å². The molecule has 3 aromatic rings. The van der Waals surface area contributed by atoms with Crippen molar-refractivity contribution in [1.29, 1.82) is 0 Å². The lowest BCUT2D eigenvalue weighted by Gasteiger charge is -2.09. The first-order chi connectivity index (χ1) is 9.72. The Morgan fingerprint density at radius 1 is 1.10 bits per heavy atom. The number of imidazole rings is 1. The van der Waals surface area contributed by atoms with Crippen molar-refractivity contribution in [3.8, 4) is 11.4 Å². The number of anilines is 1. The van der Waals surface area contributed by atoms with Crippen LogP contribution >= 0.6 is 15.9 Å². The highest BCUT2D eigenvalue weighted by atomic mass is 79.9. The van der Waals surface area contributed by atoms with Crippen LogP contribution in [0.1, 0.15) is 5.56 Å². The van der Waals surface area contributed by atoms with Crippen LogP contribution < -0.4 is 5.73 Å². The lowest BCUT2D eigenvalue weighted by atomic mass is 10.2. The van der Waals surface area contributed by atoms with Gasteiger partial charge in [-0.25, -0.2) is 4.98 Å². The molecule has 2 N–H and O–H groups in total. The molecule has 0 aliphatic rings. The van der Waals surface area contributed by atoms with E-state index < -0.39 is 0 Å². The van der Waals surface area contributed by atoms with Gasteiger partial charge in [-0.05, 0) is 29.8 Å². The fraction of sp³-hybridized carbons (Fsp3) is 0.0625. The molecule has 20 heavy (non-hydrogen) atoms. The molecule has 1 heterocycles. The van der Waals surface area contributed by atoms with Gasteiger partial charge in [-0.2, -0.15) is 0 Å². The highest BCUT2D eigenvalue weighted by Gasteiger charge is 2.06. The van der Waals surface area contributed by atoms with Gasteiger partial charge in [0.2, 0.25) is 0 Å². The molecule has 100 valence electrons. The molecule has 0 atom stereocenters. The second kappa shape index (κ2) is 5.51. The Labute approximate surface area is 126 Å². The van der Waals surface area contributed by atoms with E-state index in [1.807, 2.05) is 42.7 Å². The van der Waals surface area contributed by atoms with Crippen LogP contribution in [0.5, 0.6) is 0 Å². The van der Waals surface area contributed by atoms with Gasteiger partial charge in [0, 0.05) is 34.7 Å². The Morgan fingerprint density at radius 3 is 2.65 bits per heavy atom. The number of halogens is 1. The van der Waals surface area contributed by atoms with Crippen LogP contribution in [0.4, 0.5) is 5.69 Å². The molecule has 1 aromatic heterocycles. The SMILES string of the molecule is Nc1cccc(Cn2ccnc2-c2ccc(Br)cc2)c1. The number of hydrogen-bond acceptors (Lipinski definition) is 2. The number of aromatic nitrogens is 2. The van der Waals surface area contributed by atoms with Gasteiger partial charge in [-0.3, -0.25) is 0 Å². The third-order valence-electron chi connectivity index (χ3n) is 3.12. The fourth-order valence-corrected chi connectivity index (χ4v) is 2.45. The zero-order valence-electron chi connectivity index (χ0n) is 10.8. The molecule has 0 spiro atoms. The maximum Gasteiger partial charge on any atom is 0.140 e. The second-order valence-electron chi connectivity index (χ2n) is 4.63. The number of nitrogen functional groups attached to an aromatic ring is 1. The Hall–Kier alpha value is -2.07. The number of nitrogens with two attached hydrogens (primary N) is 1. The second-order valence-corrected chi connectivity index (χ2v) is 5.55. The first-order valence-electron chi connectivity index (χ1n) is 6.34. The van der Waals surface area contributed by atoms with E-state index in [1.165, 1.54) is 5.56 Å². The molecule has 0 bridgehead atoms. The van der Waals surface area contributed by atoms with Crippen molar-refractivity contribution in [2.75, 3.05) is 5.73 Å². The fourth-order valence-electron chi connectivity index (χ4n) is 2.18. The monoisotopic (exact) mass is 327 g/mol. The highest BCUT2D eigenvalue weighted by Crippen LogP contribution is 2.21. The van der Waals surface area contributed by atoms with Gasteiger partial charge in [-0.1, -0.05) is 40.2 Å². The number of benzene rings is 2. The molecular weight excluding hydrogens is 314 g/mol. The van der Waals surface area contributed by atoms with Gasteiger partial charge in [0.25, 0.3) is 0 Å². The Morgan fingerprint density at radius 2 is 1.90 bits per heavy atom. The first kappa shape index (κ1) is 12.9. The van der Waals surface area contributed by atoms with Gasteiger partial charge in [0.05, 0.1) is 0 Å². The van der Waals surface area contributed by atoms with E-state index in [-0.39, 0.29) is 0 Å². The van der Waals surface area contributed by atoms with Crippen LogP contribution in [0.3, 0.4) is 0 Å². The van der Waals surface area contributed by atoms with Crippen molar-refractivity contribution in [2.45, 2.75) is 6.54 Å². The van der Waals surface area contributed by atoms with Crippen molar-refractivity contribution in [2.24, 2.45) is 0 Å². The topological polar surface area (TPSA) is 43.8 Å². The largest absolute Gasteiger partial charge is 0.399 e. The van der Waals surface area contributed by atoms with Crippen LogP contribution in [0.15, 0.2) is 65.4 Å². The van der Waals surface area contributed by atoms with E-state index in [4.69, 9.17) is 5.73 Å². The number of hydrogen-bond donors (Lipinski definition) is 1. The number of rotatable bonds is 3. The average molecular weight is 328 g/mol. The summed E-state index contributed by atoms with van der Waals surface area (Å²) in [5.41, 5.74) is 8.88. The molecule has 0 saturated heterocycles. The van der Waals surface area contributed by atoms with Crippen molar-refractivity contribution < 1.29 is 0 Å². The maximum absolute atomic E-state index is 5.82. The molecule has 0 amide bonds. The first-order valence-corrected chi connectivity index (χ1v) is 7.13. The predicted octanol–water partition coefficient (Wildman–Crippen LogP) is 3.94. The Bertz CT molecular complexity index is 717. The van der Waals surface area contributed by atoms with Gasteiger partial charge >= 0.3 is 0 Å². The Kier molecular flexibility index (Phi) is 3.56. The van der Waals surface area contributed by atoms with E-state index in [2.05, 4.69) is 43.7 Å². The van der Waals surface area contributed by atoms with Gasteiger partial charge < -0.3 is 10.3 Å². The molecule has 0 aliphatic carbocycles. The summed E-state index contributed by atoms with van der Waals surface area (Å²) >= 11 is 3.45. The molecular formula is C16H14BrN3. The summed E-state index contributed by atoms with van der Waals surface area (Å²) in [6.45, 7) is 0.760. The lowest BCUT2D eigenvalue weighted by Crippen LogP contribution is -2.01. The zero-order chi connectivity index (χ0) is 13.9. The van der Waals surface area contributed by atoms with Gasteiger partial charge in [0.15, 0.2) is 0 Å². The van der Waals surface area contributed by atoms with Gasteiger partial charge in [-0.15, -0.1) is 0 Å². The van der Waals surface area contributed by atoms with Crippen LogP contribution in [-0.2, 0) is 6.54 Å². The number of nitrogens with zero attached hydrogens (tertiary/aromatic N) is 2. The standard InChI is InChI=1S/C16H14BrN3/c17-14-6-4-13(5-7-14)16-19-8-9-20(16)11-12-2-1-3-15(18)10-12/h1-10H,11,18H2.